The number of hydrogen-bond acceptors (Lipinski definition) is 1. The van der Waals surface area contributed by atoms with E-state index in [1.54, 1.807) is 6.07 Å². The van der Waals surface area contributed by atoms with Gasteiger partial charge in [-0.3, -0.25) is 0 Å². The zero-order valence-corrected chi connectivity index (χ0v) is 10.5. The molecule has 1 aromatic carbocycles. The second-order valence-electron chi connectivity index (χ2n) is 3.98. The van der Waals surface area contributed by atoms with Crippen molar-refractivity contribution in [3.8, 4) is 0 Å². The number of halogens is 2. The second-order valence-corrected chi connectivity index (χ2v) is 4.35. The number of rotatable bonds is 7. The number of unbranched alkanes of at least 4 members (excludes halogenated alkanes) is 3. The summed E-state index contributed by atoms with van der Waals surface area (Å²) < 4.78 is 13.4. The van der Waals surface area contributed by atoms with Crippen LogP contribution in [0.4, 0.5) is 10.1 Å². The fourth-order valence-corrected chi connectivity index (χ4v) is 1.87. The van der Waals surface area contributed by atoms with Crippen molar-refractivity contribution in [2.75, 3.05) is 24.4 Å². The standard InChI is InChI=1S/C13H19ClFN/c1-16(11-7-3-2-6-10-14)13-9-5-4-8-12(13)15/h4-5,8-9H,2-3,6-7,10-11H2,1H3. The smallest absolute Gasteiger partial charge is 0.146 e. The highest BCUT2D eigenvalue weighted by Gasteiger charge is 2.05. The summed E-state index contributed by atoms with van der Waals surface area (Å²) in [6.45, 7) is 0.892. The molecule has 0 heterocycles. The molecule has 0 amide bonds. The molecule has 90 valence electrons. The van der Waals surface area contributed by atoms with Gasteiger partial charge in [-0.25, -0.2) is 4.39 Å². The molecule has 0 aliphatic rings. The summed E-state index contributed by atoms with van der Waals surface area (Å²) in [5, 5.41) is 0. The highest BCUT2D eigenvalue weighted by Crippen LogP contribution is 2.17. The van der Waals surface area contributed by atoms with Crippen LogP contribution in [0, 0.1) is 5.82 Å². The SMILES string of the molecule is CN(CCCCCCCl)c1ccccc1F. The average molecular weight is 244 g/mol. The Morgan fingerprint density at radius 2 is 1.81 bits per heavy atom. The second kappa shape index (κ2) is 7.50. The van der Waals surface area contributed by atoms with Gasteiger partial charge >= 0.3 is 0 Å². The molecule has 0 bridgehead atoms. The zero-order chi connectivity index (χ0) is 11.8. The normalized spacial score (nSPS) is 10.4. The molecule has 0 aliphatic heterocycles. The summed E-state index contributed by atoms with van der Waals surface area (Å²) in [5.74, 6) is 0.592. The van der Waals surface area contributed by atoms with Crippen LogP contribution in [-0.4, -0.2) is 19.5 Å². The minimum Gasteiger partial charge on any atom is -0.372 e. The Morgan fingerprint density at radius 3 is 2.50 bits per heavy atom. The Bertz CT molecular complexity index is 304. The first kappa shape index (κ1) is 13.3. The topological polar surface area (TPSA) is 3.24 Å². The zero-order valence-electron chi connectivity index (χ0n) is 9.76. The molecule has 0 atom stereocenters. The molecule has 0 aromatic heterocycles. The molecule has 16 heavy (non-hydrogen) atoms. The first-order chi connectivity index (χ1) is 7.75. The van der Waals surface area contributed by atoms with Crippen molar-refractivity contribution in [3.63, 3.8) is 0 Å². The summed E-state index contributed by atoms with van der Waals surface area (Å²) in [6, 6.07) is 6.89. The Hall–Kier alpha value is -0.760. The first-order valence-corrected chi connectivity index (χ1v) is 6.31. The van der Waals surface area contributed by atoms with Gasteiger partial charge in [-0.15, -0.1) is 11.6 Å². The Morgan fingerprint density at radius 1 is 1.12 bits per heavy atom. The number of anilines is 1. The van der Waals surface area contributed by atoms with E-state index < -0.39 is 0 Å². The maximum Gasteiger partial charge on any atom is 0.146 e. The van der Waals surface area contributed by atoms with Crippen molar-refractivity contribution in [2.24, 2.45) is 0 Å². The lowest BCUT2D eigenvalue weighted by Crippen LogP contribution is -2.19. The summed E-state index contributed by atoms with van der Waals surface area (Å²) in [7, 11) is 1.93. The van der Waals surface area contributed by atoms with E-state index in [0.717, 1.165) is 38.1 Å². The van der Waals surface area contributed by atoms with Crippen molar-refractivity contribution in [1.82, 2.24) is 0 Å². The molecule has 0 aliphatic carbocycles. The molecule has 0 unspecified atom stereocenters. The van der Waals surface area contributed by atoms with Gasteiger partial charge in [0.05, 0.1) is 5.69 Å². The van der Waals surface area contributed by atoms with Crippen molar-refractivity contribution in [1.29, 1.82) is 0 Å². The van der Waals surface area contributed by atoms with Gasteiger partial charge in [0.1, 0.15) is 5.82 Å². The summed E-state index contributed by atoms with van der Waals surface area (Å²) >= 11 is 5.60. The average Bonchev–Trinajstić information content (AvgIpc) is 2.29. The first-order valence-electron chi connectivity index (χ1n) is 5.77. The monoisotopic (exact) mass is 243 g/mol. The predicted octanol–water partition coefficient (Wildman–Crippen LogP) is 4.06. The van der Waals surface area contributed by atoms with E-state index in [-0.39, 0.29) is 5.82 Å². The molecule has 1 rings (SSSR count). The van der Waals surface area contributed by atoms with Crippen molar-refractivity contribution >= 4 is 17.3 Å². The van der Waals surface area contributed by atoms with E-state index in [1.165, 1.54) is 6.07 Å². The predicted molar refractivity (Wildman–Crippen MR) is 68.9 cm³/mol. The Labute approximate surface area is 102 Å². The molecule has 1 aromatic rings. The molecule has 1 nitrogen and oxygen atoms in total. The summed E-state index contributed by atoms with van der Waals surface area (Å²) in [5.41, 5.74) is 0.680. The molecule has 0 saturated heterocycles. The lowest BCUT2D eigenvalue weighted by molar-refractivity contribution is 0.613. The Balaban J connectivity index is 2.30. The minimum atomic E-state index is -0.147. The number of benzene rings is 1. The molecule has 0 fully saturated rings. The lowest BCUT2D eigenvalue weighted by atomic mass is 10.2. The number of para-hydroxylation sites is 1. The lowest BCUT2D eigenvalue weighted by Gasteiger charge is -2.19. The third-order valence-electron chi connectivity index (χ3n) is 2.64. The highest BCUT2D eigenvalue weighted by molar-refractivity contribution is 6.17. The van der Waals surface area contributed by atoms with Crippen molar-refractivity contribution in [3.05, 3.63) is 30.1 Å². The fourth-order valence-electron chi connectivity index (χ4n) is 1.68. The van der Waals surface area contributed by atoms with Crippen LogP contribution in [0.5, 0.6) is 0 Å². The quantitative estimate of drug-likeness (QED) is 0.516. The van der Waals surface area contributed by atoms with Crippen molar-refractivity contribution < 1.29 is 4.39 Å². The van der Waals surface area contributed by atoms with E-state index in [0.29, 0.717) is 5.69 Å². The number of alkyl halides is 1. The van der Waals surface area contributed by atoms with E-state index in [1.807, 2.05) is 24.1 Å². The van der Waals surface area contributed by atoms with Crippen LogP contribution >= 0.6 is 11.6 Å². The molecule has 0 radical (unpaired) electrons. The van der Waals surface area contributed by atoms with Gasteiger partial charge in [-0.1, -0.05) is 25.0 Å². The van der Waals surface area contributed by atoms with Crippen LogP contribution in [0.15, 0.2) is 24.3 Å². The van der Waals surface area contributed by atoms with Gasteiger partial charge in [0, 0.05) is 19.5 Å². The van der Waals surface area contributed by atoms with Gasteiger partial charge in [0.15, 0.2) is 0 Å². The van der Waals surface area contributed by atoms with Gasteiger partial charge in [0.25, 0.3) is 0 Å². The largest absolute Gasteiger partial charge is 0.372 e. The summed E-state index contributed by atoms with van der Waals surface area (Å²) in [4.78, 5) is 1.97. The van der Waals surface area contributed by atoms with Crippen LogP contribution < -0.4 is 4.90 Å². The van der Waals surface area contributed by atoms with Gasteiger partial charge in [-0.2, -0.15) is 0 Å². The van der Waals surface area contributed by atoms with Gasteiger partial charge < -0.3 is 4.90 Å². The minimum absolute atomic E-state index is 0.147. The molecule has 0 saturated carbocycles. The van der Waals surface area contributed by atoms with E-state index in [4.69, 9.17) is 11.6 Å². The maximum atomic E-state index is 13.4. The number of hydrogen-bond donors (Lipinski definition) is 0. The third kappa shape index (κ3) is 4.40. The van der Waals surface area contributed by atoms with E-state index in [2.05, 4.69) is 0 Å². The fraction of sp³-hybridized carbons (Fsp3) is 0.538. The van der Waals surface area contributed by atoms with Gasteiger partial charge in [-0.05, 0) is 25.0 Å². The van der Waals surface area contributed by atoms with Crippen molar-refractivity contribution in [2.45, 2.75) is 25.7 Å². The maximum absolute atomic E-state index is 13.4. The van der Waals surface area contributed by atoms with Crippen LogP contribution in [0.3, 0.4) is 0 Å². The molecule has 3 heteroatoms. The van der Waals surface area contributed by atoms with E-state index in [9.17, 15) is 4.39 Å². The van der Waals surface area contributed by atoms with Gasteiger partial charge in [0.2, 0.25) is 0 Å². The molecule has 0 spiro atoms. The van der Waals surface area contributed by atoms with E-state index >= 15 is 0 Å². The summed E-state index contributed by atoms with van der Waals surface area (Å²) in [6.07, 6.45) is 4.48. The van der Waals surface area contributed by atoms with Crippen LogP contribution in [0.25, 0.3) is 0 Å². The Kier molecular flexibility index (Phi) is 6.24. The number of nitrogens with zero attached hydrogens (tertiary/aromatic N) is 1. The molecular weight excluding hydrogens is 225 g/mol. The highest BCUT2D eigenvalue weighted by atomic mass is 35.5. The van der Waals surface area contributed by atoms with Crippen LogP contribution in [0.1, 0.15) is 25.7 Å². The third-order valence-corrected chi connectivity index (χ3v) is 2.91. The van der Waals surface area contributed by atoms with Crippen LogP contribution in [0.2, 0.25) is 0 Å². The molecular formula is C13H19ClFN. The van der Waals surface area contributed by atoms with Crippen LogP contribution in [-0.2, 0) is 0 Å². The molecule has 0 N–H and O–H groups in total.